The standard InChI is InChI=1S/C21H40N4O2/c1-3-18(24-11-5-6-12-24)16-23-21(22-2)25-13-9-19(10-14-25)27-17-20-8-4-7-15-26-20/h18-20H,3-17H2,1-2H3,(H,22,23). The predicted molar refractivity (Wildman–Crippen MR) is 110 cm³/mol. The van der Waals surface area contributed by atoms with E-state index in [1.54, 1.807) is 0 Å². The van der Waals surface area contributed by atoms with Crippen molar-refractivity contribution >= 4 is 5.96 Å². The van der Waals surface area contributed by atoms with E-state index < -0.39 is 0 Å². The SMILES string of the molecule is CCC(CNC(=NC)N1CCC(OCC2CCCCO2)CC1)N1CCCC1. The Morgan fingerprint density at radius 3 is 2.52 bits per heavy atom. The molecular weight excluding hydrogens is 340 g/mol. The summed E-state index contributed by atoms with van der Waals surface area (Å²) in [4.78, 5) is 9.57. The Balaban J connectivity index is 1.36. The lowest BCUT2D eigenvalue weighted by atomic mass is 10.1. The molecule has 1 N–H and O–H groups in total. The molecule has 6 heteroatoms. The minimum Gasteiger partial charge on any atom is -0.376 e. The number of guanidine groups is 1. The Kier molecular flexibility index (Phi) is 8.68. The van der Waals surface area contributed by atoms with E-state index in [4.69, 9.17) is 9.47 Å². The van der Waals surface area contributed by atoms with E-state index in [1.165, 1.54) is 45.2 Å². The molecule has 2 atom stereocenters. The Morgan fingerprint density at radius 1 is 1.11 bits per heavy atom. The normalized spacial score (nSPS) is 27.1. The summed E-state index contributed by atoms with van der Waals surface area (Å²) in [7, 11) is 1.90. The number of likely N-dealkylation sites (tertiary alicyclic amines) is 2. The lowest BCUT2D eigenvalue weighted by Crippen LogP contribution is -2.50. The van der Waals surface area contributed by atoms with Gasteiger partial charge in [0.15, 0.2) is 5.96 Å². The summed E-state index contributed by atoms with van der Waals surface area (Å²) in [5.74, 6) is 1.06. The first kappa shape index (κ1) is 20.9. The van der Waals surface area contributed by atoms with Crippen LogP contribution in [0.1, 0.15) is 58.3 Å². The molecule has 0 aromatic rings. The third-order valence-electron chi connectivity index (χ3n) is 6.37. The Labute approximate surface area is 165 Å². The van der Waals surface area contributed by atoms with Crippen molar-refractivity contribution in [1.82, 2.24) is 15.1 Å². The van der Waals surface area contributed by atoms with Crippen molar-refractivity contribution in [2.45, 2.75) is 76.5 Å². The highest BCUT2D eigenvalue weighted by Crippen LogP contribution is 2.18. The zero-order chi connectivity index (χ0) is 18.9. The van der Waals surface area contributed by atoms with Crippen molar-refractivity contribution in [3.05, 3.63) is 0 Å². The van der Waals surface area contributed by atoms with Gasteiger partial charge in [-0.1, -0.05) is 6.92 Å². The van der Waals surface area contributed by atoms with Crippen LogP contribution in [-0.4, -0.2) is 87.0 Å². The van der Waals surface area contributed by atoms with Crippen molar-refractivity contribution in [2.24, 2.45) is 4.99 Å². The van der Waals surface area contributed by atoms with Crippen molar-refractivity contribution in [1.29, 1.82) is 0 Å². The molecule has 3 fully saturated rings. The van der Waals surface area contributed by atoms with Crippen LogP contribution in [0.15, 0.2) is 4.99 Å². The average Bonchev–Trinajstić information content (AvgIpc) is 3.26. The fourth-order valence-electron chi connectivity index (χ4n) is 4.60. The molecule has 156 valence electrons. The maximum atomic E-state index is 6.15. The number of hydrogen-bond acceptors (Lipinski definition) is 4. The van der Waals surface area contributed by atoms with Gasteiger partial charge in [-0.2, -0.15) is 0 Å². The molecule has 3 saturated heterocycles. The first-order chi connectivity index (χ1) is 13.3. The molecule has 6 nitrogen and oxygen atoms in total. The van der Waals surface area contributed by atoms with Gasteiger partial charge in [0.25, 0.3) is 0 Å². The number of aliphatic imine (C=N–C) groups is 1. The van der Waals surface area contributed by atoms with Crippen LogP contribution in [0.2, 0.25) is 0 Å². The minimum atomic E-state index is 0.322. The molecule has 0 saturated carbocycles. The molecule has 3 aliphatic heterocycles. The highest BCUT2D eigenvalue weighted by molar-refractivity contribution is 5.80. The van der Waals surface area contributed by atoms with Gasteiger partial charge >= 0.3 is 0 Å². The summed E-state index contributed by atoms with van der Waals surface area (Å²) in [6.45, 7) is 9.53. The van der Waals surface area contributed by atoms with Crippen molar-refractivity contribution in [2.75, 3.05) is 53.0 Å². The van der Waals surface area contributed by atoms with E-state index >= 15 is 0 Å². The number of nitrogens with zero attached hydrogens (tertiary/aromatic N) is 3. The number of piperidine rings is 1. The zero-order valence-electron chi connectivity index (χ0n) is 17.5. The van der Waals surface area contributed by atoms with Crippen LogP contribution >= 0.6 is 0 Å². The molecule has 27 heavy (non-hydrogen) atoms. The Bertz CT molecular complexity index is 439. The van der Waals surface area contributed by atoms with Crippen LogP contribution in [0.3, 0.4) is 0 Å². The molecule has 0 spiro atoms. The molecule has 0 aromatic carbocycles. The highest BCUT2D eigenvalue weighted by Gasteiger charge is 2.25. The van der Waals surface area contributed by atoms with Crippen LogP contribution < -0.4 is 5.32 Å². The average molecular weight is 381 g/mol. The third-order valence-corrected chi connectivity index (χ3v) is 6.37. The van der Waals surface area contributed by atoms with Crippen molar-refractivity contribution in [3.8, 4) is 0 Å². The summed E-state index contributed by atoms with van der Waals surface area (Å²) < 4.78 is 11.9. The van der Waals surface area contributed by atoms with Crippen LogP contribution in [0, 0.1) is 0 Å². The molecule has 0 amide bonds. The quantitative estimate of drug-likeness (QED) is 0.543. The van der Waals surface area contributed by atoms with Crippen molar-refractivity contribution in [3.63, 3.8) is 0 Å². The van der Waals surface area contributed by atoms with E-state index in [-0.39, 0.29) is 0 Å². The van der Waals surface area contributed by atoms with E-state index in [0.717, 1.165) is 58.1 Å². The number of ether oxygens (including phenoxy) is 2. The molecule has 2 unspecified atom stereocenters. The fraction of sp³-hybridized carbons (Fsp3) is 0.952. The van der Waals surface area contributed by atoms with E-state index in [0.29, 0.717) is 18.2 Å². The largest absolute Gasteiger partial charge is 0.376 e. The van der Waals surface area contributed by atoms with Gasteiger partial charge in [0, 0.05) is 39.3 Å². The summed E-state index contributed by atoms with van der Waals surface area (Å²) >= 11 is 0. The van der Waals surface area contributed by atoms with Gasteiger partial charge in [-0.3, -0.25) is 9.89 Å². The van der Waals surface area contributed by atoms with Crippen LogP contribution in [-0.2, 0) is 9.47 Å². The van der Waals surface area contributed by atoms with Crippen LogP contribution in [0.25, 0.3) is 0 Å². The highest BCUT2D eigenvalue weighted by atomic mass is 16.5. The second-order valence-corrected chi connectivity index (χ2v) is 8.24. The molecule has 3 heterocycles. The maximum Gasteiger partial charge on any atom is 0.193 e. The van der Waals surface area contributed by atoms with Gasteiger partial charge < -0.3 is 19.7 Å². The van der Waals surface area contributed by atoms with Gasteiger partial charge in [-0.05, 0) is 64.5 Å². The number of rotatable bonds is 7. The molecule has 3 aliphatic rings. The van der Waals surface area contributed by atoms with Crippen molar-refractivity contribution < 1.29 is 9.47 Å². The number of hydrogen-bond donors (Lipinski definition) is 1. The maximum absolute atomic E-state index is 6.15. The van der Waals surface area contributed by atoms with Crippen LogP contribution in [0.4, 0.5) is 0 Å². The summed E-state index contributed by atoms with van der Waals surface area (Å²) in [5.41, 5.74) is 0. The molecule has 0 bridgehead atoms. The van der Waals surface area contributed by atoms with Crippen LogP contribution in [0.5, 0.6) is 0 Å². The third kappa shape index (κ3) is 6.33. The summed E-state index contributed by atoms with van der Waals surface area (Å²) in [6, 6.07) is 0.626. The smallest absolute Gasteiger partial charge is 0.193 e. The number of nitrogens with one attached hydrogen (secondary N) is 1. The van der Waals surface area contributed by atoms with Gasteiger partial charge in [-0.15, -0.1) is 0 Å². The topological polar surface area (TPSA) is 49.3 Å². The second-order valence-electron chi connectivity index (χ2n) is 8.24. The van der Waals surface area contributed by atoms with Gasteiger partial charge in [0.2, 0.25) is 0 Å². The second kappa shape index (κ2) is 11.2. The van der Waals surface area contributed by atoms with E-state index in [9.17, 15) is 0 Å². The minimum absolute atomic E-state index is 0.322. The van der Waals surface area contributed by atoms with Gasteiger partial charge in [-0.25, -0.2) is 0 Å². The fourth-order valence-corrected chi connectivity index (χ4v) is 4.60. The molecule has 3 rings (SSSR count). The predicted octanol–water partition coefficient (Wildman–Crippen LogP) is 2.49. The lowest BCUT2D eigenvalue weighted by Gasteiger charge is -2.36. The summed E-state index contributed by atoms with van der Waals surface area (Å²) in [5, 5.41) is 3.64. The van der Waals surface area contributed by atoms with E-state index in [2.05, 4.69) is 27.0 Å². The summed E-state index contributed by atoms with van der Waals surface area (Å²) in [6.07, 6.45) is 10.4. The molecule has 0 aromatic heterocycles. The van der Waals surface area contributed by atoms with E-state index in [1.807, 2.05) is 7.05 Å². The van der Waals surface area contributed by atoms with Gasteiger partial charge in [0.1, 0.15) is 0 Å². The lowest BCUT2D eigenvalue weighted by molar-refractivity contribution is -0.0721. The molecular formula is C21H40N4O2. The molecule has 0 aliphatic carbocycles. The Hall–Kier alpha value is -0.850. The zero-order valence-corrected chi connectivity index (χ0v) is 17.5. The Morgan fingerprint density at radius 2 is 1.89 bits per heavy atom. The first-order valence-corrected chi connectivity index (χ1v) is 11.2. The first-order valence-electron chi connectivity index (χ1n) is 11.2. The molecule has 0 radical (unpaired) electrons. The van der Waals surface area contributed by atoms with Gasteiger partial charge in [0.05, 0.1) is 18.8 Å². The monoisotopic (exact) mass is 380 g/mol.